The molecule has 0 bridgehead atoms. The standard InChI is InChI=1S/C16H13F2N3O2/c17-16(18)21-13-8-12(7-6-11(13)9-19-21)20-15(23)14(22)10-4-2-1-3-5-10/h1-9,14,16,22H,(H,20,23)/t14-/m0/s1. The monoisotopic (exact) mass is 317 g/mol. The minimum absolute atomic E-state index is 0.201. The van der Waals surface area contributed by atoms with Crippen molar-refractivity contribution < 1.29 is 18.7 Å². The summed E-state index contributed by atoms with van der Waals surface area (Å²) in [6, 6.07) is 13.0. The zero-order valence-corrected chi connectivity index (χ0v) is 11.9. The number of aromatic nitrogens is 2. The van der Waals surface area contributed by atoms with Gasteiger partial charge in [0.25, 0.3) is 5.91 Å². The van der Waals surface area contributed by atoms with Crippen molar-refractivity contribution in [2.75, 3.05) is 5.32 Å². The van der Waals surface area contributed by atoms with Gasteiger partial charge in [0.1, 0.15) is 0 Å². The third-order valence-corrected chi connectivity index (χ3v) is 3.41. The van der Waals surface area contributed by atoms with E-state index < -0.39 is 18.6 Å². The van der Waals surface area contributed by atoms with Crippen LogP contribution in [0.3, 0.4) is 0 Å². The van der Waals surface area contributed by atoms with E-state index in [1.165, 1.54) is 12.3 Å². The number of alkyl halides is 2. The molecule has 2 aromatic carbocycles. The topological polar surface area (TPSA) is 67.2 Å². The van der Waals surface area contributed by atoms with Gasteiger partial charge in [0.05, 0.1) is 11.7 Å². The number of aliphatic hydroxyl groups excluding tert-OH is 1. The molecule has 0 aliphatic heterocycles. The van der Waals surface area contributed by atoms with Crippen molar-refractivity contribution in [3.05, 3.63) is 60.3 Å². The summed E-state index contributed by atoms with van der Waals surface area (Å²) in [6.07, 6.45) is -0.0155. The minimum atomic E-state index is -2.77. The molecule has 1 heterocycles. The number of benzene rings is 2. The molecule has 1 aromatic heterocycles. The smallest absolute Gasteiger partial charge is 0.333 e. The van der Waals surface area contributed by atoms with E-state index in [-0.39, 0.29) is 5.52 Å². The van der Waals surface area contributed by atoms with E-state index in [9.17, 15) is 18.7 Å². The van der Waals surface area contributed by atoms with Crippen molar-refractivity contribution in [2.24, 2.45) is 0 Å². The Morgan fingerprint density at radius 3 is 2.61 bits per heavy atom. The molecule has 3 rings (SSSR count). The van der Waals surface area contributed by atoms with Crippen molar-refractivity contribution in [3.63, 3.8) is 0 Å². The average molecular weight is 317 g/mol. The summed E-state index contributed by atoms with van der Waals surface area (Å²) in [5, 5.41) is 16.7. The van der Waals surface area contributed by atoms with Crippen molar-refractivity contribution >= 4 is 22.5 Å². The summed E-state index contributed by atoms with van der Waals surface area (Å²) in [5.41, 5.74) is 0.954. The first-order valence-electron chi connectivity index (χ1n) is 6.85. The number of nitrogens with zero attached hydrogens (tertiary/aromatic N) is 2. The highest BCUT2D eigenvalue weighted by molar-refractivity contribution is 5.96. The number of fused-ring (bicyclic) bond motifs is 1. The highest BCUT2D eigenvalue weighted by atomic mass is 19.3. The predicted octanol–water partition coefficient (Wildman–Crippen LogP) is 3.10. The summed E-state index contributed by atoms with van der Waals surface area (Å²) in [5.74, 6) is -0.640. The van der Waals surface area contributed by atoms with E-state index in [4.69, 9.17) is 0 Å². The van der Waals surface area contributed by atoms with E-state index in [2.05, 4.69) is 10.4 Å². The number of carbonyl (C=O) groups is 1. The normalized spacial score (nSPS) is 12.5. The van der Waals surface area contributed by atoms with Gasteiger partial charge in [-0.2, -0.15) is 13.9 Å². The Morgan fingerprint density at radius 2 is 1.91 bits per heavy atom. The van der Waals surface area contributed by atoms with Crippen LogP contribution >= 0.6 is 0 Å². The van der Waals surface area contributed by atoms with Crippen LogP contribution in [0.5, 0.6) is 0 Å². The molecule has 0 unspecified atom stereocenters. The first-order chi connectivity index (χ1) is 11.1. The molecular formula is C16H13F2N3O2. The number of nitrogens with one attached hydrogen (secondary N) is 1. The van der Waals surface area contributed by atoms with Crippen LogP contribution in [-0.2, 0) is 4.79 Å². The lowest BCUT2D eigenvalue weighted by Gasteiger charge is -2.12. The number of carbonyl (C=O) groups excluding carboxylic acids is 1. The Morgan fingerprint density at radius 1 is 1.17 bits per heavy atom. The lowest BCUT2D eigenvalue weighted by Crippen LogP contribution is -2.20. The fraction of sp³-hybridized carbons (Fsp3) is 0.125. The van der Waals surface area contributed by atoms with Crippen LogP contribution in [0.4, 0.5) is 14.5 Å². The third-order valence-electron chi connectivity index (χ3n) is 3.41. The first kappa shape index (κ1) is 15.1. The minimum Gasteiger partial charge on any atom is -0.378 e. The Hall–Kier alpha value is -2.80. The predicted molar refractivity (Wildman–Crippen MR) is 81.0 cm³/mol. The number of hydrogen-bond acceptors (Lipinski definition) is 3. The van der Waals surface area contributed by atoms with Crippen molar-refractivity contribution in [2.45, 2.75) is 12.7 Å². The van der Waals surface area contributed by atoms with Gasteiger partial charge in [-0.3, -0.25) is 4.79 Å². The van der Waals surface area contributed by atoms with Crippen LogP contribution < -0.4 is 5.32 Å². The van der Waals surface area contributed by atoms with Crippen molar-refractivity contribution in [1.29, 1.82) is 0 Å². The van der Waals surface area contributed by atoms with Crippen LogP contribution in [-0.4, -0.2) is 20.8 Å². The molecule has 0 saturated carbocycles. The second kappa shape index (κ2) is 6.13. The molecule has 0 aliphatic rings. The molecule has 5 nitrogen and oxygen atoms in total. The van der Waals surface area contributed by atoms with E-state index >= 15 is 0 Å². The lowest BCUT2D eigenvalue weighted by molar-refractivity contribution is -0.124. The van der Waals surface area contributed by atoms with Crippen LogP contribution in [0.25, 0.3) is 10.9 Å². The maximum Gasteiger partial charge on any atom is 0.333 e. The highest BCUT2D eigenvalue weighted by Gasteiger charge is 2.18. The van der Waals surface area contributed by atoms with Gasteiger partial charge in [-0.05, 0) is 23.8 Å². The Bertz CT molecular complexity index is 834. The van der Waals surface area contributed by atoms with E-state index in [0.29, 0.717) is 21.3 Å². The largest absolute Gasteiger partial charge is 0.378 e. The van der Waals surface area contributed by atoms with Crippen LogP contribution in [0.15, 0.2) is 54.7 Å². The Labute approximate surface area is 130 Å². The first-order valence-corrected chi connectivity index (χ1v) is 6.85. The summed E-state index contributed by atoms with van der Waals surface area (Å²) < 4.78 is 26.3. The Balaban J connectivity index is 1.83. The number of aliphatic hydroxyl groups is 1. The van der Waals surface area contributed by atoms with Gasteiger partial charge in [-0.25, -0.2) is 4.68 Å². The SMILES string of the molecule is O=C(Nc1ccc2cnn(C(F)F)c2c1)[C@@H](O)c1ccccc1. The van der Waals surface area contributed by atoms with Gasteiger partial charge in [-0.15, -0.1) is 0 Å². The fourth-order valence-electron chi connectivity index (χ4n) is 2.27. The van der Waals surface area contributed by atoms with Crippen LogP contribution in [0.1, 0.15) is 18.2 Å². The highest BCUT2D eigenvalue weighted by Crippen LogP contribution is 2.24. The second-order valence-electron chi connectivity index (χ2n) is 4.94. The molecule has 118 valence electrons. The summed E-state index contributed by atoms with van der Waals surface area (Å²) in [7, 11) is 0. The van der Waals surface area contributed by atoms with Gasteiger partial charge < -0.3 is 10.4 Å². The third kappa shape index (κ3) is 3.04. The van der Waals surface area contributed by atoms with Crippen molar-refractivity contribution in [3.8, 4) is 0 Å². The van der Waals surface area contributed by atoms with E-state index in [1.807, 2.05) is 0 Å². The molecule has 23 heavy (non-hydrogen) atoms. The Kier molecular flexibility index (Phi) is 4.03. The summed E-state index contributed by atoms with van der Waals surface area (Å²) >= 11 is 0. The number of anilines is 1. The molecule has 1 atom stereocenters. The summed E-state index contributed by atoms with van der Waals surface area (Å²) in [6.45, 7) is -2.77. The van der Waals surface area contributed by atoms with Crippen molar-refractivity contribution in [1.82, 2.24) is 9.78 Å². The number of hydrogen-bond donors (Lipinski definition) is 2. The van der Waals surface area contributed by atoms with Gasteiger partial charge in [-0.1, -0.05) is 30.3 Å². The quantitative estimate of drug-likeness (QED) is 0.777. The zero-order chi connectivity index (χ0) is 16.4. The number of rotatable bonds is 4. The molecular weight excluding hydrogens is 304 g/mol. The van der Waals surface area contributed by atoms with Gasteiger partial charge in [0, 0.05) is 11.1 Å². The molecule has 0 radical (unpaired) electrons. The van der Waals surface area contributed by atoms with Gasteiger partial charge in [0.15, 0.2) is 6.10 Å². The summed E-state index contributed by atoms with van der Waals surface area (Å²) in [4.78, 5) is 12.1. The van der Waals surface area contributed by atoms with Gasteiger partial charge >= 0.3 is 6.55 Å². The molecule has 0 saturated heterocycles. The average Bonchev–Trinajstić information content (AvgIpc) is 2.98. The maximum absolute atomic E-state index is 12.8. The van der Waals surface area contributed by atoms with E-state index in [0.717, 1.165) is 0 Å². The molecule has 7 heteroatoms. The lowest BCUT2D eigenvalue weighted by atomic mass is 10.1. The fourth-order valence-corrected chi connectivity index (χ4v) is 2.27. The zero-order valence-electron chi connectivity index (χ0n) is 11.9. The van der Waals surface area contributed by atoms with Crippen LogP contribution in [0, 0.1) is 0 Å². The van der Waals surface area contributed by atoms with Gasteiger partial charge in [0.2, 0.25) is 0 Å². The van der Waals surface area contributed by atoms with Crippen LogP contribution in [0.2, 0.25) is 0 Å². The molecule has 3 aromatic rings. The number of amides is 1. The second-order valence-corrected chi connectivity index (χ2v) is 4.94. The molecule has 0 aliphatic carbocycles. The van der Waals surface area contributed by atoms with E-state index in [1.54, 1.807) is 42.5 Å². The molecule has 0 fully saturated rings. The molecule has 1 amide bonds. The maximum atomic E-state index is 12.8. The molecule has 2 N–H and O–H groups in total. The number of halogens is 2. The molecule has 0 spiro atoms.